The summed E-state index contributed by atoms with van der Waals surface area (Å²) in [5.41, 5.74) is 2.87. The Morgan fingerprint density at radius 2 is 1.84 bits per heavy atom. The van der Waals surface area contributed by atoms with E-state index in [9.17, 15) is 0 Å². The van der Waals surface area contributed by atoms with Gasteiger partial charge in [-0.05, 0) is 50.4 Å². The molecule has 0 amide bonds. The van der Waals surface area contributed by atoms with Gasteiger partial charge in [0, 0.05) is 6.54 Å². The number of rotatable bonds is 5. The van der Waals surface area contributed by atoms with E-state index in [1.165, 1.54) is 32.4 Å². The minimum Gasteiger partial charge on any atom is -0.303 e. The van der Waals surface area contributed by atoms with Gasteiger partial charge in [0.25, 0.3) is 0 Å². The molecule has 2 heteroatoms. The fraction of sp³-hybridized carbons (Fsp3) is 0.471. The number of nitrogens with zero attached hydrogens (tertiary/aromatic N) is 1. The van der Waals surface area contributed by atoms with Crippen molar-refractivity contribution in [2.45, 2.75) is 32.6 Å². The number of hydrogen-bond donors (Lipinski definition) is 1. The Morgan fingerprint density at radius 3 is 2.47 bits per heavy atom. The number of benzene rings is 1. The highest BCUT2D eigenvalue weighted by Gasteiger charge is 2.12. The molecule has 0 bridgehead atoms. The first-order chi connectivity index (χ1) is 9.31. The minimum atomic E-state index is 0.681. The summed E-state index contributed by atoms with van der Waals surface area (Å²) in [5.74, 6) is 0. The maximum Gasteiger partial charge on any atom is 0.0641 e. The molecular formula is C17H24N2. The van der Waals surface area contributed by atoms with Crippen LogP contribution < -0.4 is 0 Å². The zero-order valence-electron chi connectivity index (χ0n) is 11.9. The van der Waals surface area contributed by atoms with Crippen LogP contribution in [0.25, 0.3) is 0 Å². The number of piperidine rings is 1. The zero-order chi connectivity index (χ0) is 13.5. The highest BCUT2D eigenvalue weighted by molar-refractivity contribution is 6.10. The van der Waals surface area contributed by atoms with Crippen LogP contribution in [0, 0.1) is 5.41 Å². The van der Waals surface area contributed by atoms with Crippen molar-refractivity contribution >= 4 is 5.71 Å². The van der Waals surface area contributed by atoms with E-state index in [0.29, 0.717) is 5.71 Å². The lowest BCUT2D eigenvalue weighted by Crippen LogP contribution is -2.31. The molecule has 1 fully saturated rings. The van der Waals surface area contributed by atoms with E-state index in [-0.39, 0.29) is 0 Å². The third-order valence-electron chi connectivity index (χ3n) is 3.88. The standard InChI is InChI=1S/C17H24N2/c1-2-15(11-14-19-12-7-4-8-13-19)17(18)16-9-5-3-6-10-16/h2-3,5-6,9-10,18H,4,7-8,11-14H2,1H3. The third-order valence-corrected chi connectivity index (χ3v) is 3.88. The first-order valence-corrected chi connectivity index (χ1v) is 7.33. The Morgan fingerprint density at radius 1 is 1.16 bits per heavy atom. The first-order valence-electron chi connectivity index (χ1n) is 7.33. The SMILES string of the molecule is CC=C(CCN1CCCCC1)C(=N)c1ccccc1. The number of allylic oxidation sites excluding steroid dienone is 1. The molecule has 1 saturated heterocycles. The molecule has 0 spiro atoms. The normalized spacial score (nSPS) is 17.4. The molecule has 0 unspecified atom stereocenters. The topological polar surface area (TPSA) is 27.1 Å². The maximum absolute atomic E-state index is 8.32. The lowest BCUT2D eigenvalue weighted by molar-refractivity contribution is 0.232. The monoisotopic (exact) mass is 256 g/mol. The van der Waals surface area contributed by atoms with Gasteiger partial charge in [0.15, 0.2) is 0 Å². The largest absolute Gasteiger partial charge is 0.303 e. The first kappa shape index (κ1) is 14.0. The molecule has 1 aliphatic heterocycles. The van der Waals surface area contributed by atoms with Crippen molar-refractivity contribution in [1.29, 1.82) is 5.41 Å². The van der Waals surface area contributed by atoms with E-state index in [2.05, 4.69) is 11.0 Å². The lowest BCUT2D eigenvalue weighted by atomic mass is 9.99. The summed E-state index contributed by atoms with van der Waals surface area (Å²) in [5, 5.41) is 8.32. The molecule has 1 aliphatic rings. The van der Waals surface area contributed by atoms with Crippen molar-refractivity contribution < 1.29 is 0 Å². The van der Waals surface area contributed by atoms with Crippen LogP contribution in [0.15, 0.2) is 42.0 Å². The Balaban J connectivity index is 1.91. The molecule has 1 heterocycles. The summed E-state index contributed by atoms with van der Waals surface area (Å²) < 4.78 is 0. The van der Waals surface area contributed by atoms with Gasteiger partial charge in [0.1, 0.15) is 0 Å². The molecule has 1 aromatic rings. The van der Waals surface area contributed by atoms with Gasteiger partial charge in [-0.2, -0.15) is 0 Å². The van der Waals surface area contributed by atoms with Crippen molar-refractivity contribution in [3.05, 3.63) is 47.5 Å². The number of likely N-dealkylation sites (tertiary alicyclic amines) is 1. The third kappa shape index (κ3) is 4.03. The highest BCUT2D eigenvalue weighted by atomic mass is 15.1. The molecule has 102 valence electrons. The summed E-state index contributed by atoms with van der Waals surface area (Å²) >= 11 is 0. The lowest BCUT2D eigenvalue weighted by Gasteiger charge is -2.26. The van der Waals surface area contributed by atoms with E-state index in [1.54, 1.807) is 0 Å². The molecule has 0 aromatic heterocycles. The molecule has 0 atom stereocenters. The van der Waals surface area contributed by atoms with Gasteiger partial charge in [-0.15, -0.1) is 0 Å². The summed E-state index contributed by atoms with van der Waals surface area (Å²) in [7, 11) is 0. The van der Waals surface area contributed by atoms with Crippen molar-refractivity contribution in [1.82, 2.24) is 4.90 Å². The number of nitrogens with one attached hydrogen (secondary N) is 1. The summed E-state index contributed by atoms with van der Waals surface area (Å²) in [6.45, 7) is 5.60. The molecular weight excluding hydrogens is 232 g/mol. The second-order valence-corrected chi connectivity index (χ2v) is 5.21. The van der Waals surface area contributed by atoms with Gasteiger partial charge in [-0.3, -0.25) is 5.41 Å². The Bertz CT molecular complexity index is 428. The number of hydrogen-bond acceptors (Lipinski definition) is 2. The van der Waals surface area contributed by atoms with Crippen molar-refractivity contribution in [3.63, 3.8) is 0 Å². The molecule has 0 aliphatic carbocycles. The van der Waals surface area contributed by atoms with E-state index in [0.717, 1.165) is 24.1 Å². The van der Waals surface area contributed by atoms with Crippen LogP contribution in [-0.2, 0) is 0 Å². The van der Waals surface area contributed by atoms with Crippen LogP contribution >= 0.6 is 0 Å². The molecule has 1 aromatic carbocycles. The van der Waals surface area contributed by atoms with Crippen LogP contribution in [0.5, 0.6) is 0 Å². The van der Waals surface area contributed by atoms with E-state index >= 15 is 0 Å². The predicted molar refractivity (Wildman–Crippen MR) is 81.9 cm³/mol. The summed E-state index contributed by atoms with van der Waals surface area (Å²) in [6.07, 6.45) is 7.14. The van der Waals surface area contributed by atoms with Crippen LogP contribution in [0.3, 0.4) is 0 Å². The average molecular weight is 256 g/mol. The van der Waals surface area contributed by atoms with Crippen molar-refractivity contribution in [3.8, 4) is 0 Å². The van der Waals surface area contributed by atoms with Gasteiger partial charge in [0.2, 0.25) is 0 Å². The molecule has 0 radical (unpaired) electrons. The van der Waals surface area contributed by atoms with Gasteiger partial charge in [-0.1, -0.05) is 42.8 Å². The summed E-state index contributed by atoms with van der Waals surface area (Å²) in [6, 6.07) is 10.0. The van der Waals surface area contributed by atoms with E-state index < -0.39 is 0 Å². The van der Waals surface area contributed by atoms with Crippen LogP contribution in [0.2, 0.25) is 0 Å². The van der Waals surface area contributed by atoms with Gasteiger partial charge >= 0.3 is 0 Å². The Labute approximate surface area is 116 Å². The van der Waals surface area contributed by atoms with Crippen molar-refractivity contribution in [2.24, 2.45) is 0 Å². The fourth-order valence-corrected chi connectivity index (χ4v) is 2.67. The quantitative estimate of drug-likeness (QED) is 0.795. The van der Waals surface area contributed by atoms with Gasteiger partial charge in [-0.25, -0.2) is 0 Å². The van der Waals surface area contributed by atoms with Crippen LogP contribution in [-0.4, -0.2) is 30.2 Å². The average Bonchev–Trinajstić information content (AvgIpc) is 2.49. The highest BCUT2D eigenvalue weighted by Crippen LogP contribution is 2.15. The smallest absolute Gasteiger partial charge is 0.0641 e. The zero-order valence-corrected chi connectivity index (χ0v) is 11.9. The molecule has 19 heavy (non-hydrogen) atoms. The fourth-order valence-electron chi connectivity index (χ4n) is 2.67. The minimum absolute atomic E-state index is 0.681. The van der Waals surface area contributed by atoms with Gasteiger partial charge in [0.05, 0.1) is 5.71 Å². The maximum atomic E-state index is 8.32. The van der Waals surface area contributed by atoms with Crippen LogP contribution in [0.1, 0.15) is 38.2 Å². The van der Waals surface area contributed by atoms with E-state index in [4.69, 9.17) is 5.41 Å². The molecule has 0 saturated carbocycles. The molecule has 1 N–H and O–H groups in total. The molecule has 2 rings (SSSR count). The molecule has 2 nitrogen and oxygen atoms in total. The summed E-state index contributed by atoms with van der Waals surface area (Å²) in [4.78, 5) is 2.53. The second-order valence-electron chi connectivity index (χ2n) is 5.21. The van der Waals surface area contributed by atoms with E-state index in [1.807, 2.05) is 37.3 Å². The Hall–Kier alpha value is -1.41. The van der Waals surface area contributed by atoms with Gasteiger partial charge < -0.3 is 4.90 Å². The van der Waals surface area contributed by atoms with Crippen LogP contribution in [0.4, 0.5) is 0 Å². The predicted octanol–water partition coefficient (Wildman–Crippen LogP) is 3.88. The second kappa shape index (κ2) is 7.25. The van der Waals surface area contributed by atoms with Crippen molar-refractivity contribution in [2.75, 3.05) is 19.6 Å². The Kier molecular flexibility index (Phi) is 5.34.